The number of aryl methyl sites for hydroxylation is 1. The highest BCUT2D eigenvalue weighted by Gasteiger charge is 2.16. The number of esters is 1. The molecule has 0 unspecified atom stereocenters. The topological polar surface area (TPSA) is 102 Å². The highest BCUT2D eigenvalue weighted by molar-refractivity contribution is 5.96. The molecule has 1 aromatic carbocycles. The summed E-state index contributed by atoms with van der Waals surface area (Å²) in [6, 6.07) is 8.39. The Morgan fingerprint density at radius 3 is 2.48 bits per heavy atom. The molecule has 0 saturated carbocycles. The highest BCUT2D eigenvalue weighted by Crippen LogP contribution is 2.07. The van der Waals surface area contributed by atoms with Crippen LogP contribution in [0.4, 0.5) is 0 Å². The number of hydrazine groups is 1. The molecule has 0 aliphatic rings. The molecule has 2 N–H and O–H groups in total. The van der Waals surface area contributed by atoms with E-state index in [1.807, 2.05) is 0 Å². The lowest BCUT2D eigenvalue weighted by molar-refractivity contribution is -0.125. The molecular weight excluding hydrogens is 300 g/mol. The predicted molar refractivity (Wildman–Crippen MR) is 80.3 cm³/mol. The summed E-state index contributed by atoms with van der Waals surface area (Å²) < 4.78 is 6.39. The molecule has 0 aliphatic heterocycles. The van der Waals surface area contributed by atoms with E-state index in [0.29, 0.717) is 11.3 Å². The SMILES string of the molecule is Cc1c(C(=O)OCC(=O)NNC(=O)c2ccccc2)cnn1C. The van der Waals surface area contributed by atoms with Gasteiger partial charge in [0.25, 0.3) is 11.8 Å². The first-order valence-corrected chi connectivity index (χ1v) is 6.79. The fourth-order valence-corrected chi connectivity index (χ4v) is 1.73. The van der Waals surface area contributed by atoms with Gasteiger partial charge in [-0.15, -0.1) is 0 Å². The van der Waals surface area contributed by atoms with Crippen LogP contribution in [0.5, 0.6) is 0 Å². The number of ether oxygens (including phenoxy) is 1. The molecule has 1 heterocycles. The van der Waals surface area contributed by atoms with Crippen molar-refractivity contribution in [3.8, 4) is 0 Å². The Labute approximate surface area is 132 Å². The first-order valence-electron chi connectivity index (χ1n) is 6.79. The van der Waals surface area contributed by atoms with E-state index in [9.17, 15) is 14.4 Å². The van der Waals surface area contributed by atoms with Gasteiger partial charge in [0.05, 0.1) is 6.20 Å². The Morgan fingerprint density at radius 2 is 1.87 bits per heavy atom. The minimum Gasteiger partial charge on any atom is -0.452 e. The zero-order chi connectivity index (χ0) is 16.8. The quantitative estimate of drug-likeness (QED) is 0.626. The molecule has 0 atom stereocenters. The van der Waals surface area contributed by atoms with Crippen LogP contribution >= 0.6 is 0 Å². The lowest BCUT2D eigenvalue weighted by atomic mass is 10.2. The lowest BCUT2D eigenvalue weighted by Crippen LogP contribution is -2.43. The summed E-state index contributed by atoms with van der Waals surface area (Å²) in [7, 11) is 1.69. The van der Waals surface area contributed by atoms with Crippen LogP contribution in [0.1, 0.15) is 26.4 Å². The van der Waals surface area contributed by atoms with E-state index >= 15 is 0 Å². The number of nitrogens with one attached hydrogen (secondary N) is 2. The summed E-state index contributed by atoms with van der Waals surface area (Å²) in [5.74, 6) is -1.77. The molecule has 8 heteroatoms. The Morgan fingerprint density at radius 1 is 1.17 bits per heavy atom. The monoisotopic (exact) mass is 316 g/mol. The van der Waals surface area contributed by atoms with Crippen LogP contribution in [0.2, 0.25) is 0 Å². The number of nitrogens with zero attached hydrogens (tertiary/aromatic N) is 2. The maximum absolute atomic E-state index is 11.8. The van der Waals surface area contributed by atoms with Gasteiger partial charge in [-0.3, -0.25) is 25.1 Å². The maximum atomic E-state index is 11.8. The molecular formula is C15H16N4O4. The van der Waals surface area contributed by atoms with Crippen LogP contribution in [-0.4, -0.2) is 34.2 Å². The fourth-order valence-electron chi connectivity index (χ4n) is 1.73. The highest BCUT2D eigenvalue weighted by atomic mass is 16.5. The molecule has 0 fully saturated rings. The van der Waals surface area contributed by atoms with Gasteiger partial charge in [0.15, 0.2) is 6.61 Å². The van der Waals surface area contributed by atoms with Crippen LogP contribution in [0.3, 0.4) is 0 Å². The molecule has 2 amide bonds. The van der Waals surface area contributed by atoms with E-state index in [0.717, 1.165) is 0 Å². The molecule has 2 aromatic rings. The smallest absolute Gasteiger partial charge is 0.342 e. The van der Waals surface area contributed by atoms with Crippen LogP contribution < -0.4 is 10.9 Å². The van der Waals surface area contributed by atoms with Crippen molar-refractivity contribution in [1.29, 1.82) is 0 Å². The van der Waals surface area contributed by atoms with Gasteiger partial charge in [-0.2, -0.15) is 5.10 Å². The number of benzene rings is 1. The van der Waals surface area contributed by atoms with Gasteiger partial charge in [0.2, 0.25) is 0 Å². The Hall–Kier alpha value is -3.16. The summed E-state index contributed by atoms with van der Waals surface area (Å²) in [5.41, 5.74) is 5.72. The van der Waals surface area contributed by atoms with E-state index in [4.69, 9.17) is 4.74 Å². The summed E-state index contributed by atoms with van der Waals surface area (Å²) in [6.45, 7) is 1.20. The van der Waals surface area contributed by atoms with Gasteiger partial charge in [-0.25, -0.2) is 4.79 Å². The molecule has 0 bridgehead atoms. The molecule has 8 nitrogen and oxygen atoms in total. The molecule has 23 heavy (non-hydrogen) atoms. The molecule has 1 aromatic heterocycles. The summed E-state index contributed by atoms with van der Waals surface area (Å²) >= 11 is 0. The number of aromatic nitrogens is 2. The van der Waals surface area contributed by atoms with Crippen molar-refractivity contribution >= 4 is 17.8 Å². The molecule has 0 saturated heterocycles. The number of carbonyl (C=O) groups excluding carboxylic acids is 3. The Bertz CT molecular complexity index is 724. The second kappa shape index (κ2) is 7.21. The van der Waals surface area contributed by atoms with Crippen molar-refractivity contribution in [2.24, 2.45) is 7.05 Å². The Balaban J connectivity index is 1.78. The van der Waals surface area contributed by atoms with E-state index in [2.05, 4.69) is 16.0 Å². The van der Waals surface area contributed by atoms with Gasteiger partial charge in [-0.05, 0) is 19.1 Å². The molecule has 2 rings (SSSR count). The van der Waals surface area contributed by atoms with E-state index < -0.39 is 24.4 Å². The zero-order valence-electron chi connectivity index (χ0n) is 12.7. The van der Waals surface area contributed by atoms with E-state index in [1.54, 1.807) is 44.3 Å². The standard InChI is InChI=1S/C15H16N4O4/c1-10-12(8-16-19(10)2)15(22)23-9-13(20)17-18-14(21)11-6-4-3-5-7-11/h3-8H,9H2,1-2H3,(H,17,20)(H,18,21). The van der Waals surface area contributed by atoms with Gasteiger partial charge in [0.1, 0.15) is 5.56 Å². The minimum absolute atomic E-state index is 0.286. The first kappa shape index (κ1) is 16.2. The summed E-state index contributed by atoms with van der Waals surface area (Å²) in [6.07, 6.45) is 1.37. The van der Waals surface area contributed by atoms with Crippen LogP contribution in [0.25, 0.3) is 0 Å². The average molecular weight is 316 g/mol. The molecule has 0 aliphatic carbocycles. The maximum Gasteiger partial charge on any atom is 0.342 e. The van der Waals surface area contributed by atoms with Gasteiger partial charge >= 0.3 is 5.97 Å². The van der Waals surface area contributed by atoms with Crippen molar-refractivity contribution in [2.45, 2.75) is 6.92 Å². The average Bonchev–Trinajstić information content (AvgIpc) is 2.90. The van der Waals surface area contributed by atoms with E-state index in [1.165, 1.54) is 10.9 Å². The number of amides is 2. The summed E-state index contributed by atoms with van der Waals surface area (Å²) in [5, 5.41) is 3.92. The first-order chi connectivity index (χ1) is 11.0. The third kappa shape index (κ3) is 4.16. The largest absolute Gasteiger partial charge is 0.452 e. The number of carbonyl (C=O) groups is 3. The summed E-state index contributed by atoms with van der Waals surface area (Å²) in [4.78, 5) is 35.1. The number of hydrogen-bond donors (Lipinski definition) is 2. The van der Waals surface area contributed by atoms with E-state index in [-0.39, 0.29) is 5.56 Å². The van der Waals surface area contributed by atoms with Crippen LogP contribution in [-0.2, 0) is 16.6 Å². The second-order valence-electron chi connectivity index (χ2n) is 4.71. The second-order valence-corrected chi connectivity index (χ2v) is 4.71. The van der Waals surface area contributed by atoms with Crippen molar-refractivity contribution < 1.29 is 19.1 Å². The number of hydrogen-bond acceptors (Lipinski definition) is 5. The van der Waals surface area contributed by atoms with Gasteiger partial charge in [0, 0.05) is 18.3 Å². The lowest BCUT2D eigenvalue weighted by Gasteiger charge is -2.08. The minimum atomic E-state index is -0.653. The van der Waals surface area contributed by atoms with Crippen LogP contribution in [0.15, 0.2) is 36.5 Å². The number of rotatable bonds is 4. The predicted octanol–water partition coefficient (Wildman–Crippen LogP) is 0.347. The van der Waals surface area contributed by atoms with Crippen molar-refractivity contribution in [3.63, 3.8) is 0 Å². The van der Waals surface area contributed by atoms with Gasteiger partial charge < -0.3 is 4.74 Å². The fraction of sp³-hybridized carbons (Fsp3) is 0.200. The molecule has 0 radical (unpaired) electrons. The third-order valence-corrected chi connectivity index (χ3v) is 3.14. The van der Waals surface area contributed by atoms with Gasteiger partial charge in [-0.1, -0.05) is 18.2 Å². The third-order valence-electron chi connectivity index (χ3n) is 3.14. The Kier molecular flexibility index (Phi) is 5.08. The van der Waals surface area contributed by atoms with Crippen LogP contribution in [0, 0.1) is 6.92 Å². The zero-order valence-corrected chi connectivity index (χ0v) is 12.7. The molecule has 120 valence electrons. The van der Waals surface area contributed by atoms with Crippen molar-refractivity contribution in [1.82, 2.24) is 20.6 Å². The normalized spacial score (nSPS) is 10.0. The van der Waals surface area contributed by atoms with Crippen molar-refractivity contribution in [3.05, 3.63) is 53.3 Å². The molecule has 0 spiro atoms. The van der Waals surface area contributed by atoms with Crippen molar-refractivity contribution in [2.75, 3.05) is 6.61 Å².